The summed E-state index contributed by atoms with van der Waals surface area (Å²) in [6, 6.07) is 0. The normalized spacial score (nSPS) is 16.2. The molecule has 1 aromatic rings. The van der Waals surface area contributed by atoms with Gasteiger partial charge >= 0.3 is 0 Å². The SMILES string of the molecule is NCCn1cc(C(=O)NCCCC2CCCCC2)nn1. The van der Waals surface area contributed by atoms with Crippen molar-refractivity contribution < 1.29 is 4.79 Å². The van der Waals surface area contributed by atoms with E-state index in [4.69, 9.17) is 5.73 Å². The molecule has 1 amide bonds. The Morgan fingerprint density at radius 3 is 2.95 bits per heavy atom. The fourth-order valence-electron chi connectivity index (χ4n) is 2.80. The fraction of sp³-hybridized carbons (Fsp3) is 0.786. The van der Waals surface area contributed by atoms with Gasteiger partial charge in [-0.2, -0.15) is 0 Å². The molecule has 3 N–H and O–H groups in total. The molecular weight excluding hydrogens is 254 g/mol. The van der Waals surface area contributed by atoms with Crippen LogP contribution in [0.3, 0.4) is 0 Å². The summed E-state index contributed by atoms with van der Waals surface area (Å²) in [6.07, 6.45) is 10.8. The number of carbonyl (C=O) groups excluding carboxylic acids is 1. The first-order chi connectivity index (χ1) is 9.79. The number of rotatable bonds is 7. The topological polar surface area (TPSA) is 85.8 Å². The minimum Gasteiger partial charge on any atom is -0.351 e. The maximum atomic E-state index is 11.9. The molecule has 6 nitrogen and oxygen atoms in total. The molecule has 1 fully saturated rings. The third-order valence-electron chi connectivity index (χ3n) is 3.93. The highest BCUT2D eigenvalue weighted by Crippen LogP contribution is 2.26. The largest absolute Gasteiger partial charge is 0.351 e. The third kappa shape index (κ3) is 4.59. The van der Waals surface area contributed by atoms with E-state index in [1.54, 1.807) is 10.9 Å². The van der Waals surface area contributed by atoms with Gasteiger partial charge in [-0.05, 0) is 18.8 Å². The average Bonchev–Trinajstić information content (AvgIpc) is 2.94. The van der Waals surface area contributed by atoms with Crippen LogP contribution in [0.4, 0.5) is 0 Å². The lowest BCUT2D eigenvalue weighted by Crippen LogP contribution is -2.25. The summed E-state index contributed by atoms with van der Waals surface area (Å²) in [4.78, 5) is 11.9. The van der Waals surface area contributed by atoms with E-state index in [1.807, 2.05) is 0 Å². The lowest BCUT2D eigenvalue weighted by atomic mass is 9.86. The summed E-state index contributed by atoms with van der Waals surface area (Å²) in [5.41, 5.74) is 5.80. The van der Waals surface area contributed by atoms with Gasteiger partial charge in [0.05, 0.1) is 12.7 Å². The number of nitrogens with zero attached hydrogens (tertiary/aromatic N) is 3. The Bertz CT molecular complexity index is 411. The summed E-state index contributed by atoms with van der Waals surface area (Å²) in [5, 5.41) is 10.6. The minimum absolute atomic E-state index is 0.142. The van der Waals surface area contributed by atoms with Crippen molar-refractivity contribution in [3.8, 4) is 0 Å². The molecule has 112 valence electrons. The molecule has 0 aliphatic heterocycles. The summed E-state index contributed by atoms with van der Waals surface area (Å²) >= 11 is 0. The maximum Gasteiger partial charge on any atom is 0.273 e. The van der Waals surface area contributed by atoms with Gasteiger partial charge < -0.3 is 11.1 Å². The first-order valence-corrected chi connectivity index (χ1v) is 7.68. The molecule has 0 spiro atoms. The lowest BCUT2D eigenvalue weighted by molar-refractivity contribution is 0.0947. The van der Waals surface area contributed by atoms with Crippen LogP contribution in [0.1, 0.15) is 55.4 Å². The van der Waals surface area contributed by atoms with Crippen molar-refractivity contribution in [2.24, 2.45) is 11.7 Å². The van der Waals surface area contributed by atoms with Crippen molar-refractivity contribution in [1.29, 1.82) is 0 Å². The third-order valence-corrected chi connectivity index (χ3v) is 3.93. The van der Waals surface area contributed by atoms with Crippen molar-refractivity contribution in [1.82, 2.24) is 20.3 Å². The van der Waals surface area contributed by atoms with Crippen molar-refractivity contribution >= 4 is 5.91 Å². The van der Waals surface area contributed by atoms with E-state index in [0.29, 0.717) is 18.8 Å². The molecular formula is C14H25N5O. The molecule has 0 unspecified atom stereocenters. The highest BCUT2D eigenvalue weighted by atomic mass is 16.2. The van der Waals surface area contributed by atoms with Gasteiger partial charge in [-0.3, -0.25) is 9.48 Å². The van der Waals surface area contributed by atoms with E-state index in [-0.39, 0.29) is 5.91 Å². The lowest BCUT2D eigenvalue weighted by Gasteiger charge is -2.21. The molecule has 20 heavy (non-hydrogen) atoms. The van der Waals surface area contributed by atoms with Gasteiger partial charge in [0, 0.05) is 13.1 Å². The van der Waals surface area contributed by atoms with Gasteiger partial charge in [-0.1, -0.05) is 37.3 Å². The Hall–Kier alpha value is -1.43. The molecule has 6 heteroatoms. The molecule has 1 aliphatic rings. The van der Waals surface area contributed by atoms with Gasteiger partial charge in [0.1, 0.15) is 0 Å². The van der Waals surface area contributed by atoms with Crippen LogP contribution in [0.15, 0.2) is 6.20 Å². The van der Waals surface area contributed by atoms with Crippen LogP contribution in [0, 0.1) is 5.92 Å². The molecule has 0 atom stereocenters. The molecule has 1 heterocycles. The number of carbonyl (C=O) groups is 1. The number of amides is 1. The predicted octanol–water partition coefficient (Wildman–Crippen LogP) is 1.33. The zero-order chi connectivity index (χ0) is 14.2. The van der Waals surface area contributed by atoms with Crippen LogP contribution in [-0.2, 0) is 6.54 Å². The average molecular weight is 279 g/mol. The first-order valence-electron chi connectivity index (χ1n) is 7.68. The monoisotopic (exact) mass is 279 g/mol. The van der Waals surface area contributed by atoms with E-state index < -0.39 is 0 Å². The Morgan fingerprint density at radius 1 is 1.40 bits per heavy atom. The second-order valence-corrected chi connectivity index (χ2v) is 5.56. The smallest absolute Gasteiger partial charge is 0.273 e. The fourth-order valence-corrected chi connectivity index (χ4v) is 2.80. The number of hydrogen-bond acceptors (Lipinski definition) is 4. The molecule has 0 saturated heterocycles. The highest BCUT2D eigenvalue weighted by Gasteiger charge is 2.13. The summed E-state index contributed by atoms with van der Waals surface area (Å²) in [5.74, 6) is 0.725. The Balaban J connectivity index is 1.63. The minimum atomic E-state index is -0.142. The molecule has 1 aromatic heterocycles. The van der Waals surface area contributed by atoms with Crippen LogP contribution in [0.2, 0.25) is 0 Å². The van der Waals surface area contributed by atoms with Crippen LogP contribution < -0.4 is 11.1 Å². The predicted molar refractivity (Wildman–Crippen MR) is 77.2 cm³/mol. The maximum absolute atomic E-state index is 11.9. The quantitative estimate of drug-likeness (QED) is 0.737. The number of nitrogens with one attached hydrogen (secondary N) is 1. The molecule has 1 aliphatic carbocycles. The number of aromatic nitrogens is 3. The van der Waals surface area contributed by atoms with Crippen LogP contribution in [0.5, 0.6) is 0 Å². The molecule has 0 bridgehead atoms. The van der Waals surface area contributed by atoms with Crippen molar-refractivity contribution in [3.05, 3.63) is 11.9 Å². The van der Waals surface area contributed by atoms with E-state index in [2.05, 4.69) is 15.6 Å². The van der Waals surface area contributed by atoms with Crippen molar-refractivity contribution in [2.75, 3.05) is 13.1 Å². The molecule has 0 radical (unpaired) electrons. The molecule has 0 aromatic carbocycles. The van der Waals surface area contributed by atoms with Gasteiger partial charge in [0.25, 0.3) is 5.91 Å². The van der Waals surface area contributed by atoms with Gasteiger partial charge in [-0.15, -0.1) is 5.10 Å². The second-order valence-electron chi connectivity index (χ2n) is 5.56. The summed E-state index contributed by atoms with van der Waals surface area (Å²) in [7, 11) is 0. The van der Waals surface area contributed by atoms with Gasteiger partial charge in [0.15, 0.2) is 5.69 Å². The standard InChI is InChI=1S/C14H25N5O/c15-8-10-19-11-13(17-18-19)14(20)16-9-4-7-12-5-2-1-3-6-12/h11-12H,1-10,15H2,(H,16,20). The van der Waals surface area contributed by atoms with Crippen LogP contribution >= 0.6 is 0 Å². The van der Waals surface area contributed by atoms with E-state index in [9.17, 15) is 4.79 Å². The van der Waals surface area contributed by atoms with Gasteiger partial charge in [0.2, 0.25) is 0 Å². The summed E-state index contributed by atoms with van der Waals surface area (Å²) in [6.45, 7) is 1.80. The van der Waals surface area contributed by atoms with E-state index in [1.165, 1.54) is 38.5 Å². The highest BCUT2D eigenvalue weighted by molar-refractivity contribution is 5.91. The zero-order valence-corrected chi connectivity index (χ0v) is 12.1. The van der Waals surface area contributed by atoms with Crippen LogP contribution in [-0.4, -0.2) is 34.0 Å². The Morgan fingerprint density at radius 2 is 2.20 bits per heavy atom. The Labute approximate surface area is 120 Å². The Kier molecular flexibility index (Phi) is 5.98. The zero-order valence-electron chi connectivity index (χ0n) is 12.1. The molecule has 2 rings (SSSR count). The van der Waals surface area contributed by atoms with Crippen molar-refractivity contribution in [3.63, 3.8) is 0 Å². The number of nitrogens with two attached hydrogens (primary N) is 1. The van der Waals surface area contributed by atoms with E-state index in [0.717, 1.165) is 18.9 Å². The number of hydrogen-bond donors (Lipinski definition) is 2. The first kappa shape index (κ1) is 15.0. The van der Waals surface area contributed by atoms with Gasteiger partial charge in [-0.25, -0.2) is 0 Å². The summed E-state index contributed by atoms with van der Waals surface area (Å²) < 4.78 is 1.59. The van der Waals surface area contributed by atoms with E-state index >= 15 is 0 Å². The molecule has 1 saturated carbocycles. The van der Waals surface area contributed by atoms with Crippen molar-refractivity contribution in [2.45, 2.75) is 51.5 Å². The second kappa shape index (κ2) is 7.99. The van der Waals surface area contributed by atoms with Crippen LogP contribution in [0.25, 0.3) is 0 Å².